The number of rotatable bonds is 3. The second-order valence-corrected chi connectivity index (χ2v) is 7.00. The Morgan fingerprint density at radius 1 is 1.26 bits per heavy atom. The van der Waals surface area contributed by atoms with Crippen molar-refractivity contribution in [2.45, 2.75) is 50.8 Å². The second kappa shape index (κ2) is 5.68. The molecule has 3 rings (SSSR count). The predicted molar refractivity (Wildman–Crippen MR) is 77.5 cm³/mol. The number of likely N-dealkylation sites (tertiary alicyclic amines) is 1. The maximum absolute atomic E-state index is 5.82. The largest absolute Gasteiger partial charge is 0.377 e. The van der Waals surface area contributed by atoms with E-state index in [4.69, 9.17) is 4.74 Å². The van der Waals surface area contributed by atoms with Crippen LogP contribution in [-0.2, 0) is 4.74 Å². The zero-order chi connectivity index (χ0) is 13.3. The summed E-state index contributed by atoms with van der Waals surface area (Å²) in [7, 11) is 0. The summed E-state index contributed by atoms with van der Waals surface area (Å²) >= 11 is 0. The molecule has 0 aromatic carbocycles. The van der Waals surface area contributed by atoms with E-state index in [1.165, 1.54) is 38.9 Å². The third-order valence-electron chi connectivity index (χ3n) is 5.14. The summed E-state index contributed by atoms with van der Waals surface area (Å²) < 4.78 is 5.82. The van der Waals surface area contributed by atoms with Gasteiger partial charge in [-0.05, 0) is 33.1 Å². The van der Waals surface area contributed by atoms with Gasteiger partial charge >= 0.3 is 0 Å². The van der Waals surface area contributed by atoms with Gasteiger partial charge in [-0.25, -0.2) is 0 Å². The van der Waals surface area contributed by atoms with Gasteiger partial charge in [0.15, 0.2) is 0 Å². The van der Waals surface area contributed by atoms with E-state index in [0.717, 1.165) is 32.3 Å². The van der Waals surface area contributed by atoms with Crippen molar-refractivity contribution >= 4 is 0 Å². The van der Waals surface area contributed by atoms with Crippen molar-refractivity contribution in [3.8, 4) is 0 Å². The molecule has 110 valence electrons. The van der Waals surface area contributed by atoms with E-state index >= 15 is 0 Å². The van der Waals surface area contributed by atoms with Crippen LogP contribution in [0.2, 0.25) is 0 Å². The minimum Gasteiger partial charge on any atom is -0.377 e. The third-order valence-corrected chi connectivity index (χ3v) is 5.14. The fourth-order valence-electron chi connectivity index (χ4n) is 3.92. The molecule has 2 atom stereocenters. The van der Waals surface area contributed by atoms with Crippen molar-refractivity contribution in [2.75, 3.05) is 45.9 Å². The van der Waals surface area contributed by atoms with Gasteiger partial charge in [0.1, 0.15) is 0 Å². The topological polar surface area (TPSA) is 27.7 Å². The second-order valence-electron chi connectivity index (χ2n) is 7.00. The molecule has 0 aromatic rings. The number of hydrogen-bond donors (Lipinski definition) is 1. The van der Waals surface area contributed by atoms with Crippen molar-refractivity contribution in [2.24, 2.45) is 0 Å². The normalized spacial score (nSPS) is 36.9. The Kier molecular flexibility index (Phi) is 4.13. The van der Waals surface area contributed by atoms with Crippen LogP contribution in [0.25, 0.3) is 0 Å². The molecule has 3 saturated heterocycles. The summed E-state index contributed by atoms with van der Waals surface area (Å²) in [5.74, 6) is 0. The van der Waals surface area contributed by atoms with E-state index in [9.17, 15) is 0 Å². The first kappa shape index (κ1) is 13.8. The zero-order valence-electron chi connectivity index (χ0n) is 12.5. The summed E-state index contributed by atoms with van der Waals surface area (Å²) in [5.41, 5.74) is 0.335. The lowest BCUT2D eigenvalue weighted by molar-refractivity contribution is 0.0500. The average Bonchev–Trinajstić information content (AvgIpc) is 3.00. The fraction of sp³-hybridized carbons (Fsp3) is 1.00. The van der Waals surface area contributed by atoms with Crippen LogP contribution >= 0.6 is 0 Å². The van der Waals surface area contributed by atoms with Crippen molar-refractivity contribution in [3.63, 3.8) is 0 Å². The molecule has 3 heterocycles. The van der Waals surface area contributed by atoms with Crippen molar-refractivity contribution in [1.82, 2.24) is 15.1 Å². The molecule has 0 radical (unpaired) electrons. The molecule has 0 spiro atoms. The van der Waals surface area contributed by atoms with Crippen LogP contribution < -0.4 is 5.32 Å². The maximum Gasteiger partial charge on any atom is 0.0703 e. The average molecular weight is 267 g/mol. The number of piperazine rings is 1. The smallest absolute Gasteiger partial charge is 0.0703 e. The maximum atomic E-state index is 5.82. The van der Waals surface area contributed by atoms with E-state index in [-0.39, 0.29) is 0 Å². The minimum absolute atomic E-state index is 0.335. The highest BCUT2D eigenvalue weighted by Gasteiger charge is 2.41. The molecule has 3 aliphatic heterocycles. The molecule has 0 saturated carbocycles. The number of nitrogens with one attached hydrogen (secondary N) is 1. The SMILES string of the molecule is CC1(C)CC(N2CCNCC2)CN1CC1CCCO1. The van der Waals surface area contributed by atoms with Crippen LogP contribution in [0.4, 0.5) is 0 Å². The molecular formula is C15H29N3O. The lowest BCUT2D eigenvalue weighted by atomic mass is 9.99. The van der Waals surface area contributed by atoms with Crippen LogP contribution in [0.5, 0.6) is 0 Å². The molecule has 1 N–H and O–H groups in total. The Morgan fingerprint density at radius 3 is 2.74 bits per heavy atom. The summed E-state index contributed by atoms with van der Waals surface area (Å²) in [5, 5.41) is 3.45. The van der Waals surface area contributed by atoms with Crippen LogP contribution in [0.1, 0.15) is 33.1 Å². The molecule has 19 heavy (non-hydrogen) atoms. The first-order valence-electron chi connectivity index (χ1n) is 7.96. The molecule has 0 amide bonds. The molecular weight excluding hydrogens is 238 g/mol. The Bertz CT molecular complexity index is 296. The summed E-state index contributed by atoms with van der Waals surface area (Å²) in [6, 6.07) is 0.749. The number of hydrogen-bond acceptors (Lipinski definition) is 4. The van der Waals surface area contributed by atoms with Gasteiger partial charge in [0.2, 0.25) is 0 Å². The molecule has 3 fully saturated rings. The van der Waals surface area contributed by atoms with E-state index in [2.05, 4.69) is 29.0 Å². The number of ether oxygens (including phenoxy) is 1. The summed E-state index contributed by atoms with van der Waals surface area (Å²) in [6.07, 6.45) is 4.30. The Hall–Kier alpha value is -0.160. The van der Waals surface area contributed by atoms with Gasteiger partial charge in [-0.1, -0.05) is 0 Å². The summed E-state index contributed by atoms with van der Waals surface area (Å²) in [6.45, 7) is 12.9. The third kappa shape index (κ3) is 3.13. The van der Waals surface area contributed by atoms with E-state index in [1.807, 2.05) is 0 Å². The van der Waals surface area contributed by atoms with Gasteiger partial charge in [0, 0.05) is 57.5 Å². The van der Waals surface area contributed by atoms with Crippen LogP contribution in [-0.4, -0.2) is 73.4 Å². The molecule has 4 heteroatoms. The molecule has 2 unspecified atom stereocenters. The van der Waals surface area contributed by atoms with E-state index in [1.54, 1.807) is 0 Å². The van der Waals surface area contributed by atoms with Crippen LogP contribution in [0.15, 0.2) is 0 Å². The van der Waals surface area contributed by atoms with Crippen molar-refractivity contribution in [1.29, 1.82) is 0 Å². The summed E-state index contributed by atoms with van der Waals surface area (Å²) in [4.78, 5) is 5.36. The van der Waals surface area contributed by atoms with Gasteiger partial charge < -0.3 is 10.1 Å². The van der Waals surface area contributed by atoms with Crippen molar-refractivity contribution in [3.05, 3.63) is 0 Å². The Labute approximate surface area is 117 Å². The van der Waals surface area contributed by atoms with Gasteiger partial charge in [-0.2, -0.15) is 0 Å². The molecule has 0 bridgehead atoms. The molecule has 3 aliphatic rings. The quantitative estimate of drug-likeness (QED) is 0.823. The van der Waals surface area contributed by atoms with Gasteiger partial charge in [0.05, 0.1) is 6.10 Å². The highest BCUT2D eigenvalue weighted by atomic mass is 16.5. The van der Waals surface area contributed by atoms with Gasteiger partial charge in [-0.15, -0.1) is 0 Å². The fourth-order valence-corrected chi connectivity index (χ4v) is 3.92. The highest BCUT2D eigenvalue weighted by Crippen LogP contribution is 2.32. The highest BCUT2D eigenvalue weighted by molar-refractivity contribution is 4.98. The zero-order valence-corrected chi connectivity index (χ0v) is 12.5. The van der Waals surface area contributed by atoms with Gasteiger partial charge in [0.25, 0.3) is 0 Å². The molecule has 4 nitrogen and oxygen atoms in total. The van der Waals surface area contributed by atoms with Gasteiger partial charge in [-0.3, -0.25) is 9.80 Å². The predicted octanol–water partition coefficient (Wildman–Crippen LogP) is 0.924. The monoisotopic (exact) mass is 267 g/mol. The first-order valence-corrected chi connectivity index (χ1v) is 7.96. The van der Waals surface area contributed by atoms with Crippen molar-refractivity contribution < 1.29 is 4.74 Å². The molecule has 0 aromatic heterocycles. The first-order chi connectivity index (χ1) is 9.15. The lowest BCUT2D eigenvalue weighted by Gasteiger charge is -2.33. The van der Waals surface area contributed by atoms with E-state index < -0.39 is 0 Å². The Balaban J connectivity index is 1.58. The van der Waals surface area contributed by atoms with Crippen LogP contribution in [0, 0.1) is 0 Å². The molecule has 0 aliphatic carbocycles. The number of nitrogens with zero attached hydrogens (tertiary/aromatic N) is 2. The Morgan fingerprint density at radius 2 is 2.05 bits per heavy atom. The van der Waals surface area contributed by atoms with E-state index in [0.29, 0.717) is 11.6 Å². The van der Waals surface area contributed by atoms with Crippen LogP contribution in [0.3, 0.4) is 0 Å². The minimum atomic E-state index is 0.335. The lowest BCUT2D eigenvalue weighted by Crippen LogP contribution is -2.49. The standard InChI is InChI=1S/C15H29N3O/c1-15(2)10-13(17-7-5-16-6-8-17)11-18(15)12-14-4-3-9-19-14/h13-14,16H,3-12H2,1-2H3.